The maximum absolute atomic E-state index is 5.39. The van der Waals surface area contributed by atoms with E-state index in [1.54, 1.807) is 20.5 Å². The number of hydrogen-bond donors (Lipinski definition) is 1. The first-order valence-electron chi connectivity index (χ1n) is 7.02. The maximum atomic E-state index is 5.39. The zero-order valence-corrected chi connectivity index (χ0v) is 13.4. The lowest BCUT2D eigenvalue weighted by Crippen LogP contribution is -2.38. The molecule has 0 unspecified atom stereocenters. The van der Waals surface area contributed by atoms with Crippen LogP contribution in [0.1, 0.15) is 11.4 Å². The predicted octanol–water partition coefficient (Wildman–Crippen LogP) is 1.03. The lowest BCUT2D eigenvalue weighted by atomic mass is 10.2. The summed E-state index contributed by atoms with van der Waals surface area (Å²) in [6.45, 7) is 1.27. The van der Waals surface area contributed by atoms with E-state index in [1.165, 1.54) is 0 Å². The smallest absolute Gasteiger partial charge is 0.194 e. The average molecular weight is 302 g/mol. The lowest BCUT2D eigenvalue weighted by Gasteiger charge is -2.22. The summed E-state index contributed by atoms with van der Waals surface area (Å²) in [5.74, 6) is 2.51. The van der Waals surface area contributed by atoms with Gasteiger partial charge in [-0.3, -0.25) is 4.99 Å². The fourth-order valence-corrected chi connectivity index (χ4v) is 2.17. The molecule has 0 amide bonds. The van der Waals surface area contributed by atoms with Gasteiger partial charge in [-0.05, 0) is 6.07 Å². The molecule has 118 valence electrons. The van der Waals surface area contributed by atoms with E-state index in [9.17, 15) is 0 Å². The molecule has 0 aliphatic rings. The van der Waals surface area contributed by atoms with Gasteiger partial charge in [0.15, 0.2) is 11.8 Å². The van der Waals surface area contributed by atoms with Crippen LogP contribution in [0, 0.1) is 0 Å². The molecule has 0 aliphatic heterocycles. The van der Waals surface area contributed by atoms with Gasteiger partial charge in [-0.25, -0.2) is 0 Å². The van der Waals surface area contributed by atoms with Crippen molar-refractivity contribution in [3.63, 3.8) is 0 Å². The van der Waals surface area contributed by atoms with Crippen molar-refractivity contribution in [3.05, 3.63) is 42.0 Å². The highest BCUT2D eigenvalue weighted by Crippen LogP contribution is 2.18. The topological polar surface area (TPSA) is 67.6 Å². The van der Waals surface area contributed by atoms with Gasteiger partial charge in [0, 0.05) is 33.3 Å². The Kier molecular flexibility index (Phi) is 5.35. The van der Waals surface area contributed by atoms with E-state index in [0.717, 1.165) is 23.1 Å². The van der Waals surface area contributed by atoms with E-state index < -0.39 is 0 Å². The number of aryl methyl sites for hydroxylation is 1. The van der Waals surface area contributed by atoms with E-state index >= 15 is 0 Å². The molecule has 7 nitrogen and oxygen atoms in total. The number of hydrogen-bond acceptors (Lipinski definition) is 4. The number of para-hydroxylation sites is 1. The van der Waals surface area contributed by atoms with Gasteiger partial charge in [0.1, 0.15) is 12.1 Å². The Labute approximate surface area is 130 Å². The summed E-state index contributed by atoms with van der Waals surface area (Å²) in [4.78, 5) is 6.34. The van der Waals surface area contributed by atoms with E-state index in [4.69, 9.17) is 4.74 Å². The summed E-state index contributed by atoms with van der Waals surface area (Å²) >= 11 is 0. The minimum Gasteiger partial charge on any atom is -0.496 e. The number of guanidine groups is 1. The highest BCUT2D eigenvalue weighted by molar-refractivity contribution is 5.79. The van der Waals surface area contributed by atoms with Gasteiger partial charge in [0.2, 0.25) is 0 Å². The number of ether oxygens (including phenoxy) is 1. The molecule has 0 saturated carbocycles. The largest absolute Gasteiger partial charge is 0.496 e. The predicted molar refractivity (Wildman–Crippen MR) is 85.7 cm³/mol. The highest BCUT2D eigenvalue weighted by atomic mass is 16.5. The van der Waals surface area contributed by atoms with Crippen LogP contribution in [0.2, 0.25) is 0 Å². The van der Waals surface area contributed by atoms with Crippen molar-refractivity contribution in [1.29, 1.82) is 0 Å². The molecule has 0 atom stereocenters. The first-order valence-corrected chi connectivity index (χ1v) is 7.02. The minimum absolute atomic E-state index is 0.569. The Balaban J connectivity index is 2.00. The van der Waals surface area contributed by atoms with E-state index in [-0.39, 0.29) is 0 Å². The standard InChI is InChI=1S/C15H22N6O/c1-16-15(17-9-14-19-18-11-21(14)3)20(2)10-12-7-5-6-8-13(12)22-4/h5-8,11H,9-10H2,1-4H3,(H,16,17). The molecule has 0 radical (unpaired) electrons. The van der Waals surface area contributed by atoms with Crippen molar-refractivity contribution in [3.8, 4) is 5.75 Å². The Bertz CT molecular complexity index is 636. The van der Waals surface area contributed by atoms with Crippen molar-refractivity contribution in [2.24, 2.45) is 12.0 Å². The number of rotatable bonds is 5. The molecule has 0 fully saturated rings. The molecule has 1 heterocycles. The second-order valence-electron chi connectivity index (χ2n) is 4.93. The molecule has 22 heavy (non-hydrogen) atoms. The van der Waals surface area contributed by atoms with Crippen molar-refractivity contribution >= 4 is 5.96 Å². The van der Waals surface area contributed by atoms with Gasteiger partial charge in [0.05, 0.1) is 13.7 Å². The first-order chi connectivity index (χ1) is 10.7. The zero-order valence-electron chi connectivity index (χ0n) is 13.4. The Morgan fingerprint density at radius 3 is 2.82 bits per heavy atom. The van der Waals surface area contributed by atoms with Gasteiger partial charge >= 0.3 is 0 Å². The Morgan fingerprint density at radius 1 is 1.41 bits per heavy atom. The van der Waals surface area contributed by atoms with Crippen LogP contribution in [-0.2, 0) is 20.1 Å². The summed E-state index contributed by atoms with van der Waals surface area (Å²) in [6, 6.07) is 7.97. The normalized spacial score (nSPS) is 11.4. The third kappa shape index (κ3) is 3.75. The zero-order chi connectivity index (χ0) is 15.9. The van der Waals surface area contributed by atoms with Crippen LogP contribution in [0.4, 0.5) is 0 Å². The van der Waals surface area contributed by atoms with Crippen LogP contribution >= 0.6 is 0 Å². The van der Waals surface area contributed by atoms with Crippen LogP contribution < -0.4 is 10.1 Å². The van der Waals surface area contributed by atoms with E-state index in [0.29, 0.717) is 13.1 Å². The van der Waals surface area contributed by atoms with Crippen molar-refractivity contribution in [1.82, 2.24) is 25.0 Å². The monoisotopic (exact) mass is 302 g/mol. The molecule has 0 aliphatic carbocycles. The van der Waals surface area contributed by atoms with Crippen molar-refractivity contribution in [2.45, 2.75) is 13.1 Å². The molecular formula is C15H22N6O. The Hall–Kier alpha value is -2.57. The van der Waals surface area contributed by atoms with E-state index in [1.807, 2.05) is 47.8 Å². The summed E-state index contributed by atoms with van der Waals surface area (Å²) < 4.78 is 7.26. The van der Waals surface area contributed by atoms with Gasteiger partial charge in [-0.15, -0.1) is 10.2 Å². The number of aromatic nitrogens is 3. The van der Waals surface area contributed by atoms with Crippen LogP contribution in [0.5, 0.6) is 5.75 Å². The third-order valence-electron chi connectivity index (χ3n) is 3.38. The summed E-state index contributed by atoms with van der Waals surface area (Å²) in [7, 11) is 7.34. The fraction of sp³-hybridized carbons (Fsp3) is 0.400. The fourth-order valence-electron chi connectivity index (χ4n) is 2.17. The Morgan fingerprint density at radius 2 is 2.18 bits per heavy atom. The van der Waals surface area contributed by atoms with Gasteiger partial charge in [-0.2, -0.15) is 0 Å². The molecule has 7 heteroatoms. The molecule has 0 saturated heterocycles. The molecule has 2 aromatic rings. The van der Waals surface area contributed by atoms with Crippen LogP contribution in [-0.4, -0.2) is 46.8 Å². The van der Waals surface area contributed by atoms with Crippen LogP contribution in [0.25, 0.3) is 0 Å². The van der Waals surface area contributed by atoms with Gasteiger partial charge in [-0.1, -0.05) is 18.2 Å². The quantitative estimate of drug-likeness (QED) is 0.660. The number of benzene rings is 1. The highest BCUT2D eigenvalue weighted by Gasteiger charge is 2.10. The molecule has 0 bridgehead atoms. The average Bonchev–Trinajstić information content (AvgIpc) is 2.94. The second kappa shape index (κ2) is 7.44. The molecule has 1 aromatic heterocycles. The summed E-state index contributed by atoms with van der Waals surface area (Å²) in [5, 5.41) is 11.2. The van der Waals surface area contributed by atoms with E-state index in [2.05, 4.69) is 20.5 Å². The number of nitrogens with zero attached hydrogens (tertiary/aromatic N) is 5. The first kappa shape index (κ1) is 15.8. The molecule has 0 spiro atoms. The van der Waals surface area contributed by atoms with Crippen molar-refractivity contribution in [2.75, 3.05) is 21.2 Å². The third-order valence-corrected chi connectivity index (χ3v) is 3.38. The van der Waals surface area contributed by atoms with Gasteiger partial charge in [0.25, 0.3) is 0 Å². The number of nitrogens with one attached hydrogen (secondary N) is 1. The summed E-state index contributed by atoms with van der Waals surface area (Å²) in [6.07, 6.45) is 1.68. The number of aliphatic imine (C=N–C) groups is 1. The summed E-state index contributed by atoms with van der Waals surface area (Å²) in [5.41, 5.74) is 1.11. The van der Waals surface area contributed by atoms with Crippen molar-refractivity contribution < 1.29 is 4.74 Å². The lowest BCUT2D eigenvalue weighted by molar-refractivity contribution is 0.396. The maximum Gasteiger partial charge on any atom is 0.194 e. The second-order valence-corrected chi connectivity index (χ2v) is 4.93. The SMILES string of the molecule is CN=C(NCc1nncn1C)N(C)Cc1ccccc1OC. The minimum atomic E-state index is 0.569. The molecule has 2 rings (SSSR count). The molecular weight excluding hydrogens is 280 g/mol. The van der Waals surface area contributed by atoms with Crippen LogP contribution in [0.3, 0.4) is 0 Å². The molecule has 1 aromatic carbocycles. The van der Waals surface area contributed by atoms with Crippen LogP contribution in [0.15, 0.2) is 35.6 Å². The van der Waals surface area contributed by atoms with Gasteiger partial charge < -0.3 is 19.5 Å². The molecule has 1 N–H and O–H groups in total. The number of methoxy groups -OCH3 is 1.